The number of hydrogen-bond acceptors (Lipinski definition) is 4. The van der Waals surface area contributed by atoms with E-state index in [0.717, 1.165) is 25.1 Å². The molecule has 2 rings (SSSR count). The van der Waals surface area contributed by atoms with E-state index in [9.17, 15) is 14.7 Å². The highest BCUT2D eigenvalue weighted by Gasteiger charge is 2.43. The van der Waals surface area contributed by atoms with Crippen LogP contribution >= 0.6 is 0 Å². The van der Waals surface area contributed by atoms with Crippen LogP contribution in [0.4, 0.5) is 16.2 Å². The van der Waals surface area contributed by atoms with E-state index in [4.69, 9.17) is 5.73 Å². The van der Waals surface area contributed by atoms with Crippen LogP contribution in [0, 0.1) is 0 Å². The maximum absolute atomic E-state index is 12.2. The van der Waals surface area contributed by atoms with Gasteiger partial charge in [-0.2, -0.15) is 0 Å². The molecule has 0 bridgehead atoms. The first-order chi connectivity index (χ1) is 11.4. The van der Waals surface area contributed by atoms with Crippen molar-refractivity contribution in [2.24, 2.45) is 5.73 Å². The molecule has 0 aliphatic carbocycles. The minimum atomic E-state index is -1.62. The van der Waals surface area contributed by atoms with Crippen molar-refractivity contribution in [2.45, 2.75) is 31.8 Å². The molecule has 1 aliphatic heterocycles. The molecule has 1 fully saturated rings. The second-order valence-corrected chi connectivity index (χ2v) is 6.32. The molecule has 24 heavy (non-hydrogen) atoms. The summed E-state index contributed by atoms with van der Waals surface area (Å²) in [5.41, 5.74) is 5.31. The molecule has 1 unspecified atom stereocenters. The van der Waals surface area contributed by atoms with Crippen LogP contribution in [-0.4, -0.2) is 54.2 Å². The number of nitrogens with two attached hydrogens (primary N) is 1. The maximum Gasteiger partial charge on any atom is 0.321 e. The number of primary amides is 1. The van der Waals surface area contributed by atoms with Crippen molar-refractivity contribution in [1.29, 1.82) is 0 Å². The third kappa shape index (κ3) is 4.17. The van der Waals surface area contributed by atoms with Gasteiger partial charge >= 0.3 is 6.03 Å². The third-order valence-corrected chi connectivity index (χ3v) is 4.40. The Kier molecular flexibility index (Phi) is 5.66. The molecule has 1 aromatic rings. The fourth-order valence-corrected chi connectivity index (χ4v) is 2.69. The number of carbonyl (C=O) groups excluding carboxylic acids is 2. The third-order valence-electron chi connectivity index (χ3n) is 4.40. The van der Waals surface area contributed by atoms with Crippen LogP contribution in [0.2, 0.25) is 0 Å². The summed E-state index contributed by atoms with van der Waals surface area (Å²) >= 11 is 0. The molecule has 7 heteroatoms. The van der Waals surface area contributed by atoms with Crippen molar-refractivity contribution in [3.05, 3.63) is 24.3 Å². The number of carbonyl (C=O) groups is 2. The van der Waals surface area contributed by atoms with Crippen molar-refractivity contribution in [1.82, 2.24) is 4.90 Å². The largest absolute Gasteiger partial charge is 0.378 e. The van der Waals surface area contributed by atoms with E-state index in [1.165, 1.54) is 4.90 Å². The number of rotatable bonds is 6. The zero-order valence-corrected chi connectivity index (χ0v) is 14.3. The summed E-state index contributed by atoms with van der Waals surface area (Å²) in [7, 11) is 2.04. The Balaban J connectivity index is 1.92. The topological polar surface area (TPSA) is 98.9 Å². The Morgan fingerprint density at radius 1 is 1.38 bits per heavy atom. The SMILES string of the molecule is CCCCN(C)c1ccc(NC(=O)N2CCC(O)(C(N)=O)C2)cc1. The van der Waals surface area contributed by atoms with E-state index in [0.29, 0.717) is 12.2 Å². The lowest BCUT2D eigenvalue weighted by atomic mass is 10.0. The van der Waals surface area contributed by atoms with Gasteiger partial charge in [0.05, 0.1) is 6.54 Å². The van der Waals surface area contributed by atoms with Gasteiger partial charge in [0, 0.05) is 37.9 Å². The van der Waals surface area contributed by atoms with Crippen LogP contribution in [0.1, 0.15) is 26.2 Å². The van der Waals surface area contributed by atoms with Gasteiger partial charge in [-0.25, -0.2) is 4.79 Å². The highest BCUT2D eigenvalue weighted by Crippen LogP contribution is 2.22. The fourth-order valence-electron chi connectivity index (χ4n) is 2.69. The summed E-state index contributed by atoms with van der Waals surface area (Å²) in [5.74, 6) is -0.794. The summed E-state index contributed by atoms with van der Waals surface area (Å²) in [6.45, 7) is 3.36. The highest BCUT2D eigenvalue weighted by molar-refractivity contribution is 5.91. The molecule has 1 aromatic carbocycles. The highest BCUT2D eigenvalue weighted by atomic mass is 16.3. The molecule has 0 aromatic heterocycles. The molecule has 7 nitrogen and oxygen atoms in total. The summed E-state index contributed by atoms with van der Waals surface area (Å²) < 4.78 is 0. The lowest BCUT2D eigenvalue weighted by Gasteiger charge is -2.21. The number of β-amino-alcohol motifs (C(OH)–C–C–N with tert-alkyl or cyclic N) is 1. The Morgan fingerprint density at radius 3 is 2.58 bits per heavy atom. The lowest BCUT2D eigenvalue weighted by molar-refractivity contribution is -0.134. The molecular formula is C17H26N4O3. The van der Waals surface area contributed by atoms with Crippen LogP contribution in [0.15, 0.2) is 24.3 Å². The lowest BCUT2D eigenvalue weighted by Crippen LogP contribution is -2.47. The molecule has 1 heterocycles. The van der Waals surface area contributed by atoms with Crippen LogP contribution in [0.3, 0.4) is 0 Å². The fraction of sp³-hybridized carbons (Fsp3) is 0.529. The number of benzene rings is 1. The number of urea groups is 1. The first kappa shape index (κ1) is 18.1. The number of likely N-dealkylation sites (tertiary alicyclic amines) is 1. The monoisotopic (exact) mass is 334 g/mol. The average Bonchev–Trinajstić information content (AvgIpc) is 2.97. The van der Waals surface area contributed by atoms with Crippen molar-refractivity contribution in [3.63, 3.8) is 0 Å². The normalized spacial score (nSPS) is 20.0. The van der Waals surface area contributed by atoms with E-state index in [2.05, 4.69) is 17.1 Å². The smallest absolute Gasteiger partial charge is 0.321 e. The number of anilines is 2. The molecule has 1 atom stereocenters. The average molecular weight is 334 g/mol. The summed E-state index contributed by atoms with van der Waals surface area (Å²) in [4.78, 5) is 27.0. The van der Waals surface area contributed by atoms with E-state index >= 15 is 0 Å². The summed E-state index contributed by atoms with van der Waals surface area (Å²) in [6, 6.07) is 7.24. The molecule has 0 spiro atoms. The molecule has 1 saturated heterocycles. The Labute approximate surface area is 142 Å². The van der Waals surface area contributed by atoms with Crippen LogP contribution in [0.25, 0.3) is 0 Å². The van der Waals surface area contributed by atoms with E-state index < -0.39 is 11.5 Å². The predicted octanol–water partition coefficient (Wildman–Crippen LogP) is 1.38. The quantitative estimate of drug-likeness (QED) is 0.732. The van der Waals surface area contributed by atoms with Crippen molar-refractivity contribution in [2.75, 3.05) is 36.9 Å². The van der Waals surface area contributed by atoms with Gasteiger partial charge in [0.2, 0.25) is 0 Å². The first-order valence-corrected chi connectivity index (χ1v) is 8.25. The van der Waals surface area contributed by atoms with Gasteiger partial charge in [0.1, 0.15) is 0 Å². The zero-order chi connectivity index (χ0) is 17.7. The maximum atomic E-state index is 12.2. The van der Waals surface area contributed by atoms with Gasteiger partial charge in [-0.05, 0) is 30.7 Å². The Morgan fingerprint density at radius 2 is 2.04 bits per heavy atom. The summed E-state index contributed by atoms with van der Waals surface area (Å²) in [5, 5.41) is 12.8. The minimum absolute atomic E-state index is 0.0774. The van der Waals surface area contributed by atoms with E-state index in [-0.39, 0.29) is 19.0 Å². The van der Waals surface area contributed by atoms with Gasteiger partial charge in [0.15, 0.2) is 5.60 Å². The van der Waals surface area contributed by atoms with Crippen molar-refractivity contribution >= 4 is 23.3 Å². The van der Waals surface area contributed by atoms with E-state index in [1.54, 1.807) is 0 Å². The molecular weight excluding hydrogens is 308 g/mol. The Hall–Kier alpha value is -2.28. The summed E-state index contributed by atoms with van der Waals surface area (Å²) in [6.07, 6.45) is 2.44. The predicted molar refractivity (Wildman–Crippen MR) is 94.0 cm³/mol. The number of nitrogens with zero attached hydrogens (tertiary/aromatic N) is 2. The van der Waals surface area contributed by atoms with Crippen LogP contribution in [-0.2, 0) is 4.79 Å². The van der Waals surface area contributed by atoms with Crippen molar-refractivity contribution < 1.29 is 14.7 Å². The molecule has 0 saturated carbocycles. The van der Waals surface area contributed by atoms with Gasteiger partial charge < -0.3 is 26.0 Å². The second kappa shape index (κ2) is 7.53. The van der Waals surface area contributed by atoms with E-state index in [1.807, 2.05) is 31.3 Å². The number of unbranched alkanes of at least 4 members (excludes halogenated alkanes) is 1. The van der Waals surface area contributed by atoms with Crippen molar-refractivity contribution in [3.8, 4) is 0 Å². The van der Waals surface area contributed by atoms with Gasteiger partial charge in [-0.3, -0.25) is 4.79 Å². The van der Waals surface area contributed by atoms with Gasteiger partial charge in [-0.1, -0.05) is 13.3 Å². The molecule has 4 N–H and O–H groups in total. The minimum Gasteiger partial charge on any atom is -0.378 e. The number of aliphatic hydroxyl groups is 1. The second-order valence-electron chi connectivity index (χ2n) is 6.32. The molecule has 0 radical (unpaired) electrons. The standard InChI is InChI=1S/C17H26N4O3/c1-3-4-10-20(2)14-7-5-13(6-8-14)19-16(23)21-11-9-17(24,12-21)15(18)22/h5-8,24H,3-4,9-12H2,1-2H3,(H2,18,22)(H,19,23). The number of nitrogens with one attached hydrogen (secondary N) is 1. The van der Waals surface area contributed by atoms with Crippen LogP contribution in [0.5, 0.6) is 0 Å². The Bertz CT molecular complexity index is 590. The molecule has 132 valence electrons. The number of amides is 3. The first-order valence-electron chi connectivity index (χ1n) is 8.25. The zero-order valence-electron chi connectivity index (χ0n) is 14.3. The number of hydrogen-bond donors (Lipinski definition) is 3. The molecule has 3 amide bonds. The van der Waals surface area contributed by atoms with Gasteiger partial charge in [0.25, 0.3) is 5.91 Å². The molecule has 1 aliphatic rings. The van der Waals surface area contributed by atoms with Crippen LogP contribution < -0.4 is 16.0 Å². The van der Waals surface area contributed by atoms with Gasteiger partial charge in [-0.15, -0.1) is 0 Å².